The van der Waals surface area contributed by atoms with Crippen molar-refractivity contribution in [1.82, 2.24) is 10.3 Å². The molecule has 0 amide bonds. The van der Waals surface area contributed by atoms with E-state index >= 15 is 0 Å². The smallest absolute Gasteiger partial charge is 0.339 e. The Morgan fingerprint density at radius 1 is 1.24 bits per heavy atom. The third-order valence-corrected chi connectivity index (χ3v) is 7.20. The number of aromatic nitrogens is 1. The molecule has 167 valence electrons. The topological polar surface area (TPSA) is 77.5 Å². The van der Waals surface area contributed by atoms with Crippen molar-refractivity contribution in [3.8, 4) is 5.75 Å². The number of nitrogens with zero attached hydrogens (tertiary/aromatic N) is 1. The van der Waals surface area contributed by atoms with Crippen LogP contribution in [0.3, 0.4) is 0 Å². The van der Waals surface area contributed by atoms with Crippen molar-refractivity contribution >= 4 is 22.7 Å². The summed E-state index contributed by atoms with van der Waals surface area (Å²) in [6.45, 7) is 1.58. The van der Waals surface area contributed by atoms with E-state index in [0.29, 0.717) is 34.9 Å². The molecular formula is C27H25N2O4. The molecule has 0 bridgehead atoms. The normalized spacial score (nSPS) is 19.2. The third-order valence-electron chi connectivity index (χ3n) is 7.20. The van der Waals surface area contributed by atoms with Gasteiger partial charge in [-0.05, 0) is 67.2 Å². The van der Waals surface area contributed by atoms with Gasteiger partial charge in [0, 0.05) is 36.3 Å². The minimum absolute atomic E-state index is 0.215. The monoisotopic (exact) mass is 441 g/mol. The van der Waals surface area contributed by atoms with Gasteiger partial charge in [-0.1, -0.05) is 12.1 Å². The average molecular weight is 442 g/mol. The SMILES string of the molecule is COc1cc(C(=O)c2c[c]cc3c2CC2(CCNCC2)OC3=O)nc2c(C3CC3)cccc12. The highest BCUT2D eigenvalue weighted by molar-refractivity contribution is 6.12. The molecule has 6 nitrogen and oxygen atoms in total. The van der Waals surface area contributed by atoms with Crippen LogP contribution in [-0.2, 0) is 11.2 Å². The van der Waals surface area contributed by atoms with Crippen molar-refractivity contribution < 1.29 is 19.1 Å². The van der Waals surface area contributed by atoms with Gasteiger partial charge in [-0.3, -0.25) is 4.79 Å². The van der Waals surface area contributed by atoms with E-state index in [2.05, 4.69) is 17.4 Å². The highest BCUT2D eigenvalue weighted by Crippen LogP contribution is 2.44. The number of benzene rings is 2. The molecule has 33 heavy (non-hydrogen) atoms. The molecule has 1 N–H and O–H groups in total. The summed E-state index contributed by atoms with van der Waals surface area (Å²) < 4.78 is 11.5. The van der Waals surface area contributed by atoms with E-state index in [9.17, 15) is 9.59 Å². The molecular weight excluding hydrogens is 416 g/mol. The quantitative estimate of drug-likeness (QED) is 0.487. The highest BCUT2D eigenvalue weighted by atomic mass is 16.6. The van der Waals surface area contributed by atoms with Crippen LogP contribution in [0, 0.1) is 6.07 Å². The van der Waals surface area contributed by atoms with E-state index in [1.165, 1.54) is 5.56 Å². The number of rotatable bonds is 4. The zero-order chi connectivity index (χ0) is 22.6. The number of hydrogen-bond donors (Lipinski definition) is 1. The summed E-state index contributed by atoms with van der Waals surface area (Å²) >= 11 is 0. The molecule has 3 aliphatic rings. The number of ketones is 1. The fourth-order valence-corrected chi connectivity index (χ4v) is 5.26. The van der Waals surface area contributed by atoms with Gasteiger partial charge in [0.25, 0.3) is 0 Å². The zero-order valence-electron chi connectivity index (χ0n) is 18.6. The largest absolute Gasteiger partial charge is 0.496 e. The first-order valence-electron chi connectivity index (χ1n) is 11.6. The third kappa shape index (κ3) is 3.40. The Morgan fingerprint density at radius 3 is 2.82 bits per heavy atom. The number of carbonyl (C=O) groups excluding carboxylic acids is 2. The Balaban J connectivity index is 1.47. The van der Waals surface area contributed by atoms with E-state index in [-0.39, 0.29) is 11.8 Å². The summed E-state index contributed by atoms with van der Waals surface area (Å²) in [5.41, 5.74) is 3.40. The fourth-order valence-electron chi connectivity index (χ4n) is 5.26. The van der Waals surface area contributed by atoms with E-state index in [0.717, 1.165) is 55.2 Å². The second-order valence-corrected chi connectivity index (χ2v) is 9.32. The molecule has 0 atom stereocenters. The van der Waals surface area contributed by atoms with Crippen LogP contribution in [0.25, 0.3) is 10.9 Å². The Morgan fingerprint density at radius 2 is 2.06 bits per heavy atom. The number of piperidine rings is 1. The van der Waals surface area contributed by atoms with Gasteiger partial charge in [-0.2, -0.15) is 0 Å². The van der Waals surface area contributed by atoms with E-state index in [1.54, 1.807) is 25.3 Å². The predicted octanol–water partition coefficient (Wildman–Crippen LogP) is 3.99. The Hall–Kier alpha value is -3.25. The van der Waals surface area contributed by atoms with Gasteiger partial charge >= 0.3 is 5.97 Å². The molecule has 1 saturated carbocycles. The molecule has 2 aliphatic heterocycles. The van der Waals surface area contributed by atoms with E-state index in [1.807, 2.05) is 12.1 Å². The van der Waals surface area contributed by atoms with Crippen molar-refractivity contribution in [1.29, 1.82) is 0 Å². The van der Waals surface area contributed by atoms with Gasteiger partial charge in [-0.25, -0.2) is 9.78 Å². The number of carbonyl (C=O) groups is 2. The minimum Gasteiger partial charge on any atom is -0.496 e. The van der Waals surface area contributed by atoms with Crippen molar-refractivity contribution in [3.05, 3.63) is 70.4 Å². The maximum atomic E-state index is 13.8. The maximum Gasteiger partial charge on any atom is 0.339 e. The van der Waals surface area contributed by atoms with Crippen LogP contribution in [0.5, 0.6) is 5.75 Å². The maximum absolute atomic E-state index is 13.8. The summed E-state index contributed by atoms with van der Waals surface area (Å²) in [6.07, 6.45) is 4.28. The summed E-state index contributed by atoms with van der Waals surface area (Å²) in [5.74, 6) is 0.536. The molecule has 6 rings (SSSR count). The number of para-hydroxylation sites is 1. The summed E-state index contributed by atoms with van der Waals surface area (Å²) in [4.78, 5) is 31.5. The second kappa shape index (κ2) is 7.66. The van der Waals surface area contributed by atoms with E-state index < -0.39 is 5.60 Å². The van der Waals surface area contributed by atoms with Crippen molar-refractivity contribution in [2.75, 3.05) is 20.2 Å². The first-order valence-corrected chi connectivity index (χ1v) is 11.6. The molecule has 2 aromatic carbocycles. The standard InChI is InChI=1S/C27H25N2O4/c1-32-23-14-22(29-24-17(16-8-9-16)4-2-7-20(23)24)25(30)18-5-3-6-19-21(18)15-27(33-26(19)31)10-12-28-13-11-27/h2,4-7,14,16,28H,8-13,15H2,1H3. The van der Waals surface area contributed by atoms with Gasteiger partial charge in [0.2, 0.25) is 5.78 Å². The first kappa shape index (κ1) is 20.4. The van der Waals surface area contributed by atoms with E-state index in [4.69, 9.17) is 14.5 Å². The van der Waals surface area contributed by atoms with Gasteiger partial charge in [0.15, 0.2) is 0 Å². The van der Waals surface area contributed by atoms with Crippen LogP contribution in [0.4, 0.5) is 0 Å². The van der Waals surface area contributed by atoms with Crippen molar-refractivity contribution in [2.45, 2.75) is 43.6 Å². The van der Waals surface area contributed by atoms with Crippen LogP contribution in [0.1, 0.15) is 69.1 Å². The highest BCUT2D eigenvalue weighted by Gasteiger charge is 2.42. The van der Waals surface area contributed by atoms with Gasteiger partial charge in [-0.15, -0.1) is 0 Å². The Bertz CT molecular complexity index is 1290. The molecule has 1 aromatic heterocycles. The zero-order valence-corrected chi connectivity index (χ0v) is 18.6. The molecule has 1 saturated heterocycles. The van der Waals surface area contributed by atoms with Crippen LogP contribution in [0.15, 0.2) is 36.4 Å². The number of pyridine rings is 1. The summed E-state index contributed by atoms with van der Waals surface area (Å²) in [5, 5.41) is 4.23. The average Bonchev–Trinajstić information content (AvgIpc) is 3.68. The number of methoxy groups -OCH3 is 1. The number of hydrogen-bond acceptors (Lipinski definition) is 6. The summed E-state index contributed by atoms with van der Waals surface area (Å²) in [7, 11) is 1.61. The Kier molecular flexibility index (Phi) is 4.73. The summed E-state index contributed by atoms with van der Waals surface area (Å²) in [6, 6.07) is 14.1. The number of esters is 1. The predicted molar refractivity (Wildman–Crippen MR) is 123 cm³/mol. The van der Waals surface area contributed by atoms with Gasteiger partial charge in [0.1, 0.15) is 17.0 Å². The van der Waals surface area contributed by atoms with Crippen LogP contribution < -0.4 is 10.1 Å². The molecule has 3 heterocycles. The lowest BCUT2D eigenvalue weighted by Gasteiger charge is -2.41. The molecule has 1 radical (unpaired) electrons. The lowest BCUT2D eigenvalue weighted by Crippen LogP contribution is -2.49. The first-order chi connectivity index (χ1) is 16.1. The molecule has 1 spiro atoms. The number of nitrogens with one attached hydrogen (secondary N) is 1. The van der Waals surface area contributed by atoms with Crippen LogP contribution in [-0.4, -0.2) is 42.5 Å². The van der Waals surface area contributed by atoms with Gasteiger partial charge < -0.3 is 14.8 Å². The van der Waals surface area contributed by atoms with Gasteiger partial charge in [0.05, 0.1) is 18.2 Å². The molecule has 0 unspecified atom stereocenters. The van der Waals surface area contributed by atoms with Crippen LogP contribution in [0.2, 0.25) is 0 Å². The Labute approximate surface area is 192 Å². The number of fused-ring (bicyclic) bond motifs is 2. The molecule has 1 aliphatic carbocycles. The minimum atomic E-state index is -0.556. The molecule has 3 aromatic rings. The van der Waals surface area contributed by atoms with Crippen LogP contribution >= 0.6 is 0 Å². The lowest BCUT2D eigenvalue weighted by molar-refractivity contribution is -0.0398. The molecule has 2 fully saturated rings. The fraction of sp³-hybridized carbons (Fsp3) is 0.370. The molecule has 6 heteroatoms. The van der Waals surface area contributed by atoms with Crippen molar-refractivity contribution in [3.63, 3.8) is 0 Å². The van der Waals surface area contributed by atoms with Crippen molar-refractivity contribution in [2.24, 2.45) is 0 Å². The lowest BCUT2D eigenvalue weighted by atomic mass is 9.79. The number of ether oxygens (including phenoxy) is 2. The second-order valence-electron chi connectivity index (χ2n) is 9.32.